The van der Waals surface area contributed by atoms with Gasteiger partial charge in [0.25, 0.3) is 0 Å². The van der Waals surface area contributed by atoms with E-state index in [-0.39, 0.29) is 5.78 Å². The Morgan fingerprint density at radius 2 is 2.12 bits per heavy atom. The Balaban J connectivity index is 2.87. The van der Waals surface area contributed by atoms with Crippen molar-refractivity contribution < 1.29 is 14.3 Å². The zero-order valence-electron chi connectivity index (χ0n) is 10.7. The van der Waals surface area contributed by atoms with Crippen LogP contribution < -0.4 is 4.74 Å². The predicted octanol–water partition coefficient (Wildman–Crippen LogP) is 3.14. The summed E-state index contributed by atoms with van der Waals surface area (Å²) in [6.07, 6.45) is 0.900. The van der Waals surface area contributed by atoms with Crippen LogP contribution in [0.4, 0.5) is 0 Å². The van der Waals surface area contributed by atoms with Gasteiger partial charge >= 0.3 is 0 Å². The maximum Gasteiger partial charge on any atom is 0.166 e. The summed E-state index contributed by atoms with van der Waals surface area (Å²) >= 11 is 0. The largest absolute Gasteiger partial charge is 0.494 e. The summed E-state index contributed by atoms with van der Waals surface area (Å²) in [5, 5.41) is 0. The first kappa shape index (κ1) is 13.7. The molecule has 0 radical (unpaired) electrons. The highest BCUT2D eigenvalue weighted by Crippen LogP contribution is 2.23. The summed E-state index contributed by atoms with van der Waals surface area (Å²) in [7, 11) is 1.56. The summed E-state index contributed by atoms with van der Waals surface area (Å²) in [4.78, 5) is 11.9. The van der Waals surface area contributed by atoms with Gasteiger partial charge in [0.05, 0.1) is 6.61 Å². The zero-order valence-corrected chi connectivity index (χ0v) is 10.7. The second-order valence-electron chi connectivity index (χ2n) is 3.84. The molecule has 1 aromatic carbocycles. The molecular weight excluding hydrogens is 216 g/mol. The van der Waals surface area contributed by atoms with E-state index < -0.39 is 6.10 Å². The van der Waals surface area contributed by atoms with Crippen molar-refractivity contribution in [3.63, 3.8) is 0 Å². The molecule has 17 heavy (non-hydrogen) atoms. The molecule has 0 N–H and O–H groups in total. The van der Waals surface area contributed by atoms with Crippen LogP contribution in [0.1, 0.15) is 38.4 Å². The van der Waals surface area contributed by atoms with Gasteiger partial charge in [0.1, 0.15) is 11.9 Å². The van der Waals surface area contributed by atoms with Crippen molar-refractivity contribution in [2.45, 2.75) is 32.8 Å². The molecule has 0 aromatic heterocycles. The van der Waals surface area contributed by atoms with Crippen molar-refractivity contribution in [3.8, 4) is 5.75 Å². The quantitative estimate of drug-likeness (QED) is 0.729. The highest BCUT2D eigenvalue weighted by Gasteiger charge is 2.19. The van der Waals surface area contributed by atoms with Gasteiger partial charge in [-0.05, 0) is 31.0 Å². The van der Waals surface area contributed by atoms with Crippen LogP contribution in [0, 0.1) is 0 Å². The number of rotatable bonds is 7. The van der Waals surface area contributed by atoms with Crippen molar-refractivity contribution in [2.75, 3.05) is 13.7 Å². The van der Waals surface area contributed by atoms with E-state index in [1.54, 1.807) is 7.11 Å². The van der Waals surface area contributed by atoms with Gasteiger partial charge in [-0.2, -0.15) is 0 Å². The standard InChI is InChI=1S/C14H20O3/c1-4-7-13(15)14(16-3)11-8-6-9-12(10-11)17-5-2/h6,8-10,14H,4-5,7H2,1-3H3. The van der Waals surface area contributed by atoms with E-state index in [1.807, 2.05) is 38.1 Å². The van der Waals surface area contributed by atoms with E-state index in [0.717, 1.165) is 17.7 Å². The number of benzene rings is 1. The fraction of sp³-hybridized carbons (Fsp3) is 0.500. The van der Waals surface area contributed by atoms with Crippen LogP contribution in [0.5, 0.6) is 5.75 Å². The lowest BCUT2D eigenvalue weighted by atomic mass is 10.0. The Hall–Kier alpha value is -1.35. The smallest absolute Gasteiger partial charge is 0.166 e. The van der Waals surface area contributed by atoms with E-state index in [1.165, 1.54) is 0 Å². The molecule has 94 valence electrons. The molecule has 0 aliphatic heterocycles. The Kier molecular flexibility index (Phi) is 5.70. The van der Waals surface area contributed by atoms with E-state index in [9.17, 15) is 4.79 Å². The lowest BCUT2D eigenvalue weighted by molar-refractivity contribution is -0.129. The number of carbonyl (C=O) groups excluding carboxylic acids is 1. The van der Waals surface area contributed by atoms with Crippen LogP contribution in [-0.4, -0.2) is 19.5 Å². The lowest BCUT2D eigenvalue weighted by Crippen LogP contribution is -2.14. The molecule has 1 rings (SSSR count). The molecule has 0 saturated heterocycles. The normalized spacial score (nSPS) is 12.2. The summed E-state index contributed by atoms with van der Waals surface area (Å²) in [5.74, 6) is 0.889. The minimum absolute atomic E-state index is 0.114. The minimum Gasteiger partial charge on any atom is -0.494 e. The highest BCUT2D eigenvalue weighted by molar-refractivity contribution is 5.84. The molecule has 0 amide bonds. The van der Waals surface area contributed by atoms with Crippen LogP contribution >= 0.6 is 0 Å². The molecule has 0 fully saturated rings. The van der Waals surface area contributed by atoms with Gasteiger partial charge in [-0.15, -0.1) is 0 Å². The van der Waals surface area contributed by atoms with Gasteiger partial charge in [0.15, 0.2) is 5.78 Å². The maximum atomic E-state index is 11.9. The van der Waals surface area contributed by atoms with Crippen LogP contribution in [0.3, 0.4) is 0 Å². The van der Waals surface area contributed by atoms with Gasteiger partial charge in [-0.1, -0.05) is 19.1 Å². The van der Waals surface area contributed by atoms with Crippen molar-refractivity contribution in [2.24, 2.45) is 0 Å². The second-order valence-corrected chi connectivity index (χ2v) is 3.84. The first-order chi connectivity index (χ1) is 8.22. The number of ether oxygens (including phenoxy) is 2. The molecule has 0 saturated carbocycles. The average Bonchev–Trinajstić information content (AvgIpc) is 2.31. The Labute approximate surface area is 103 Å². The van der Waals surface area contributed by atoms with Gasteiger partial charge in [0, 0.05) is 13.5 Å². The molecule has 0 aliphatic carbocycles. The summed E-state index contributed by atoms with van der Waals surface area (Å²) in [6, 6.07) is 7.52. The third kappa shape index (κ3) is 3.86. The van der Waals surface area contributed by atoms with Crippen molar-refractivity contribution in [3.05, 3.63) is 29.8 Å². The third-order valence-corrected chi connectivity index (χ3v) is 2.50. The number of carbonyl (C=O) groups is 1. The Morgan fingerprint density at radius 3 is 2.71 bits per heavy atom. The van der Waals surface area contributed by atoms with Crippen molar-refractivity contribution in [1.29, 1.82) is 0 Å². The maximum absolute atomic E-state index is 11.9. The fourth-order valence-electron chi connectivity index (χ4n) is 1.76. The minimum atomic E-state index is -0.477. The molecule has 0 bridgehead atoms. The number of ketones is 1. The Morgan fingerprint density at radius 1 is 1.35 bits per heavy atom. The highest BCUT2D eigenvalue weighted by atomic mass is 16.5. The van der Waals surface area contributed by atoms with Gasteiger partial charge in [0.2, 0.25) is 0 Å². The lowest BCUT2D eigenvalue weighted by Gasteiger charge is -2.15. The summed E-state index contributed by atoms with van der Waals surface area (Å²) in [6.45, 7) is 4.54. The molecule has 0 spiro atoms. The van der Waals surface area contributed by atoms with Crippen LogP contribution in [0.15, 0.2) is 24.3 Å². The van der Waals surface area contributed by atoms with Gasteiger partial charge in [-0.3, -0.25) is 4.79 Å². The number of hydrogen-bond acceptors (Lipinski definition) is 3. The topological polar surface area (TPSA) is 35.5 Å². The van der Waals surface area contributed by atoms with Crippen molar-refractivity contribution in [1.82, 2.24) is 0 Å². The van der Waals surface area contributed by atoms with E-state index >= 15 is 0 Å². The molecule has 1 atom stereocenters. The molecule has 3 heteroatoms. The molecular formula is C14H20O3. The summed E-state index contributed by atoms with van der Waals surface area (Å²) in [5.41, 5.74) is 0.858. The van der Waals surface area contributed by atoms with E-state index in [4.69, 9.17) is 9.47 Å². The number of Topliss-reactive ketones (excluding diaryl/α,β-unsaturated/α-hetero) is 1. The molecule has 3 nitrogen and oxygen atoms in total. The molecule has 0 aliphatic rings. The third-order valence-electron chi connectivity index (χ3n) is 2.50. The first-order valence-corrected chi connectivity index (χ1v) is 6.01. The number of hydrogen-bond donors (Lipinski definition) is 0. The van der Waals surface area contributed by atoms with Crippen LogP contribution in [0.25, 0.3) is 0 Å². The first-order valence-electron chi connectivity index (χ1n) is 6.01. The summed E-state index contributed by atoms with van der Waals surface area (Å²) < 4.78 is 10.7. The monoisotopic (exact) mass is 236 g/mol. The molecule has 1 unspecified atom stereocenters. The Bertz CT molecular complexity index is 360. The van der Waals surface area contributed by atoms with E-state index in [2.05, 4.69) is 0 Å². The predicted molar refractivity (Wildman–Crippen MR) is 67.3 cm³/mol. The molecule has 0 heterocycles. The SMILES string of the molecule is CCCC(=O)C(OC)c1cccc(OCC)c1. The second kappa shape index (κ2) is 7.07. The zero-order chi connectivity index (χ0) is 12.7. The van der Waals surface area contributed by atoms with Crippen LogP contribution in [0.2, 0.25) is 0 Å². The fourth-order valence-corrected chi connectivity index (χ4v) is 1.76. The average molecular weight is 236 g/mol. The number of methoxy groups -OCH3 is 1. The molecule has 1 aromatic rings. The van der Waals surface area contributed by atoms with E-state index in [0.29, 0.717) is 13.0 Å². The van der Waals surface area contributed by atoms with Gasteiger partial charge in [-0.25, -0.2) is 0 Å². The van der Waals surface area contributed by atoms with Crippen molar-refractivity contribution >= 4 is 5.78 Å². The van der Waals surface area contributed by atoms with Crippen LogP contribution in [-0.2, 0) is 9.53 Å². The van der Waals surface area contributed by atoms with Gasteiger partial charge < -0.3 is 9.47 Å².